The van der Waals surface area contributed by atoms with Gasteiger partial charge in [0.15, 0.2) is 11.6 Å². The second kappa shape index (κ2) is 19.9. The number of nitrogens with zero attached hydrogens (tertiary/aromatic N) is 2. The zero-order chi connectivity index (χ0) is 35.6. The predicted octanol–water partition coefficient (Wildman–Crippen LogP) is 4.12. The molecule has 0 aliphatic carbocycles. The van der Waals surface area contributed by atoms with E-state index >= 15 is 0 Å². The average Bonchev–Trinajstić information content (AvgIpc) is 3.15. The molecule has 2 aromatic heterocycles. The van der Waals surface area contributed by atoms with E-state index in [0.29, 0.717) is 11.1 Å². The summed E-state index contributed by atoms with van der Waals surface area (Å²) in [5.41, 5.74) is 5.12. The predicted molar refractivity (Wildman–Crippen MR) is 198 cm³/mol. The molecule has 0 bridgehead atoms. The van der Waals surface area contributed by atoms with Gasteiger partial charge in [0.25, 0.3) is 0 Å². The van der Waals surface area contributed by atoms with E-state index in [1.165, 1.54) is 24.3 Å². The van der Waals surface area contributed by atoms with Crippen LogP contribution in [0, 0.1) is 13.8 Å². The summed E-state index contributed by atoms with van der Waals surface area (Å²) in [6.07, 6.45) is 3.60. The van der Waals surface area contributed by atoms with E-state index in [0.717, 1.165) is 32.9 Å². The van der Waals surface area contributed by atoms with Gasteiger partial charge in [-0.15, -0.1) is 0 Å². The number of carboxylic acids is 2. The first-order valence-corrected chi connectivity index (χ1v) is 15.6. The summed E-state index contributed by atoms with van der Waals surface area (Å²) in [6.45, 7) is 3.84. The van der Waals surface area contributed by atoms with Crippen molar-refractivity contribution in [2.75, 3.05) is 0 Å². The number of aromatic carboxylic acids is 2. The Kier molecular flexibility index (Phi) is 16.0. The molecule has 7 rings (SSSR count). The zero-order valence-electron chi connectivity index (χ0n) is 28.7. The number of aryl methyl sites for hydroxylation is 2. The van der Waals surface area contributed by atoms with E-state index < -0.39 is 11.9 Å². The minimum atomic E-state index is -1.34. The van der Waals surface area contributed by atoms with Crippen molar-refractivity contribution >= 4 is 45.3 Å². The molecule has 1 radical (unpaired) electrons. The van der Waals surface area contributed by atoms with Crippen LogP contribution in [0.2, 0.25) is 0 Å². The number of pyridine rings is 2. The SMILES string of the molecule is Cc1ccc(C(=O)c2ccccc2C(=O)[O-])cc1.Cc1ccc(C(=O)c2ccccc2C(=O)[O-])cc1.[Co+2].[OH3+].[OH3+].c1cnc2c(c1)ccc1cccnc12. The number of rotatable bonds is 6. The van der Waals surface area contributed by atoms with Gasteiger partial charge < -0.3 is 30.8 Å². The van der Waals surface area contributed by atoms with Crippen molar-refractivity contribution in [1.29, 1.82) is 0 Å². The zero-order valence-corrected chi connectivity index (χ0v) is 29.7. The molecule has 0 spiro atoms. The molecule has 5 aromatic carbocycles. The number of aromatic nitrogens is 2. The third kappa shape index (κ3) is 10.6. The summed E-state index contributed by atoms with van der Waals surface area (Å²) >= 11 is 0. The van der Waals surface area contributed by atoms with Crippen LogP contribution in [0.5, 0.6) is 0 Å². The fraction of sp³-hybridized carbons (Fsp3) is 0.0476. The van der Waals surface area contributed by atoms with E-state index in [4.69, 9.17) is 0 Å². The summed E-state index contributed by atoms with van der Waals surface area (Å²) < 4.78 is 0. The molecule has 0 atom stereocenters. The fourth-order valence-electron chi connectivity index (χ4n) is 5.12. The maximum absolute atomic E-state index is 12.2. The van der Waals surface area contributed by atoms with E-state index in [1.54, 1.807) is 60.9 Å². The Morgan fingerprint density at radius 3 is 1.08 bits per heavy atom. The smallest absolute Gasteiger partial charge is 0.545 e. The standard InChI is InChI=1S/2C15H12O3.C12H8N2.Co.2H2O/c2*1-10-6-8-11(9-7-10)14(16)12-4-2-3-5-13(12)15(17)18;1-3-9-5-6-10-4-2-8-14-12(10)11(9)13-7-1;;;/h2*2-9H,1H3,(H,17,18);1-8H;;2*1H2/q;;;+2;;. The number of ketones is 2. The first-order valence-electron chi connectivity index (χ1n) is 15.6. The number of benzene rings is 5. The fourth-order valence-corrected chi connectivity index (χ4v) is 5.12. The molecule has 0 unspecified atom stereocenters. The summed E-state index contributed by atoms with van der Waals surface area (Å²) in [5.74, 6) is -3.30. The van der Waals surface area contributed by atoms with Gasteiger partial charge in [-0.05, 0) is 26.0 Å². The number of carbonyl (C=O) groups excluding carboxylic acids is 4. The van der Waals surface area contributed by atoms with Crippen molar-refractivity contribution in [3.8, 4) is 0 Å². The Morgan fingerprint density at radius 2 is 0.755 bits per heavy atom. The molecular weight excluding hydrogens is 719 g/mol. The largest absolute Gasteiger partial charge is 2.00 e. The van der Waals surface area contributed by atoms with E-state index in [9.17, 15) is 29.4 Å². The number of hydrogen-bond acceptors (Lipinski definition) is 8. The van der Waals surface area contributed by atoms with Gasteiger partial charge >= 0.3 is 16.8 Å². The van der Waals surface area contributed by atoms with E-state index in [2.05, 4.69) is 34.2 Å². The molecular formula is C42H36CoN2O8+2. The molecule has 269 valence electrons. The normalized spacial score (nSPS) is 9.70. The number of carbonyl (C=O) groups is 4. The molecule has 0 saturated carbocycles. The second-order valence-electron chi connectivity index (χ2n) is 11.3. The van der Waals surface area contributed by atoms with Crippen molar-refractivity contribution in [2.45, 2.75) is 13.8 Å². The van der Waals surface area contributed by atoms with Gasteiger partial charge in [0.05, 0.1) is 23.0 Å². The van der Waals surface area contributed by atoms with Gasteiger partial charge in [0, 0.05) is 56.5 Å². The Morgan fingerprint density at radius 1 is 0.434 bits per heavy atom. The third-order valence-electron chi connectivity index (χ3n) is 7.76. The molecule has 0 fully saturated rings. The van der Waals surface area contributed by atoms with Crippen molar-refractivity contribution in [1.82, 2.24) is 9.97 Å². The Bertz CT molecular complexity index is 2180. The van der Waals surface area contributed by atoms with Crippen molar-refractivity contribution in [3.05, 3.63) is 190 Å². The van der Waals surface area contributed by atoms with Crippen LogP contribution in [0.25, 0.3) is 21.8 Å². The van der Waals surface area contributed by atoms with Crippen LogP contribution < -0.4 is 10.2 Å². The number of carboxylic acid groups (broad SMARTS) is 2. The second-order valence-corrected chi connectivity index (χ2v) is 11.3. The average molecular weight is 756 g/mol. The molecule has 10 nitrogen and oxygen atoms in total. The topological polar surface area (TPSA) is 206 Å². The van der Waals surface area contributed by atoms with E-state index in [-0.39, 0.29) is 61.6 Å². The Labute approximate surface area is 315 Å². The minimum Gasteiger partial charge on any atom is -0.545 e. The van der Waals surface area contributed by atoms with Gasteiger partial charge in [-0.1, -0.05) is 132 Å². The summed E-state index contributed by atoms with van der Waals surface area (Å²) in [6, 6.07) is 38.3. The molecule has 11 heteroatoms. The monoisotopic (exact) mass is 755 g/mol. The quantitative estimate of drug-likeness (QED) is 0.137. The van der Waals surface area contributed by atoms with Crippen LogP contribution in [0.1, 0.15) is 63.7 Å². The molecule has 0 amide bonds. The van der Waals surface area contributed by atoms with E-state index in [1.807, 2.05) is 50.2 Å². The summed E-state index contributed by atoms with van der Waals surface area (Å²) in [7, 11) is 0. The molecule has 0 aliphatic heterocycles. The molecule has 2 heterocycles. The Balaban J connectivity index is 0.000000269. The van der Waals surface area contributed by atoms with Crippen LogP contribution in [-0.4, -0.2) is 33.5 Å². The van der Waals surface area contributed by atoms with Crippen LogP contribution in [0.4, 0.5) is 0 Å². The van der Waals surface area contributed by atoms with Gasteiger partial charge in [0.1, 0.15) is 0 Å². The first-order chi connectivity index (χ1) is 24.1. The Hall–Kier alpha value is -6.37. The van der Waals surface area contributed by atoms with Gasteiger partial charge in [-0.2, -0.15) is 0 Å². The van der Waals surface area contributed by atoms with Gasteiger partial charge in [-0.25, -0.2) is 0 Å². The maximum Gasteiger partial charge on any atom is 2.00 e. The summed E-state index contributed by atoms with van der Waals surface area (Å²) in [5, 5.41) is 24.2. The third-order valence-corrected chi connectivity index (χ3v) is 7.76. The molecule has 53 heavy (non-hydrogen) atoms. The van der Waals surface area contributed by atoms with Crippen LogP contribution >= 0.6 is 0 Å². The number of hydrogen-bond donors (Lipinski definition) is 0. The van der Waals surface area contributed by atoms with Crippen LogP contribution in [0.15, 0.2) is 146 Å². The number of fused-ring (bicyclic) bond motifs is 3. The van der Waals surface area contributed by atoms with Crippen molar-refractivity contribution in [2.24, 2.45) is 0 Å². The molecule has 0 saturated heterocycles. The van der Waals surface area contributed by atoms with Crippen molar-refractivity contribution in [3.63, 3.8) is 0 Å². The van der Waals surface area contributed by atoms with Gasteiger partial charge in [-0.3, -0.25) is 19.6 Å². The molecule has 7 aromatic rings. The van der Waals surface area contributed by atoms with Crippen LogP contribution in [0.3, 0.4) is 0 Å². The molecule has 0 aliphatic rings. The minimum absolute atomic E-state index is 0. The van der Waals surface area contributed by atoms with Crippen LogP contribution in [-0.2, 0) is 27.7 Å². The van der Waals surface area contributed by atoms with Gasteiger partial charge in [0.2, 0.25) is 0 Å². The molecule has 6 N–H and O–H groups in total. The maximum atomic E-state index is 12.2. The van der Waals surface area contributed by atoms with Crippen molar-refractivity contribution < 1.29 is 57.1 Å². The summed E-state index contributed by atoms with van der Waals surface area (Å²) in [4.78, 5) is 55.0. The first kappa shape index (κ1) is 42.8.